The van der Waals surface area contributed by atoms with Crippen LogP contribution < -0.4 is 5.73 Å². The predicted octanol–water partition coefficient (Wildman–Crippen LogP) is 5.92. The molecule has 0 aliphatic heterocycles. The summed E-state index contributed by atoms with van der Waals surface area (Å²) in [4.78, 5) is 0. The molecule has 1 heteroatoms. The van der Waals surface area contributed by atoms with Gasteiger partial charge in [0.15, 0.2) is 0 Å². The van der Waals surface area contributed by atoms with E-state index < -0.39 is 0 Å². The highest BCUT2D eigenvalue weighted by molar-refractivity contribution is 5.12. The normalized spacial score (nSPS) is 13.6. The minimum Gasteiger partial charge on any atom is -0.322 e. The quantitative estimate of drug-likeness (QED) is 0.520. The maximum Gasteiger partial charge on any atom is 0.0336 e. The predicted molar refractivity (Wildman–Crippen MR) is 92.9 cm³/mol. The molecule has 0 unspecified atom stereocenters. The zero-order valence-electron chi connectivity index (χ0n) is 14.6. The highest BCUT2D eigenvalue weighted by atomic mass is 14.7. The van der Waals surface area contributed by atoms with E-state index >= 15 is 0 Å². The Morgan fingerprint density at radius 1 is 0.850 bits per heavy atom. The van der Waals surface area contributed by atoms with Crippen LogP contribution in [0.5, 0.6) is 0 Å². The SMILES string of the molecule is CCC(N)(C=C(C)CCC=C(C)CCC=C(C)C)CC. The first-order valence-corrected chi connectivity index (χ1v) is 8.09. The van der Waals surface area contributed by atoms with Gasteiger partial charge in [0, 0.05) is 5.54 Å². The third-order valence-electron chi connectivity index (χ3n) is 3.97. The first-order chi connectivity index (χ1) is 9.33. The summed E-state index contributed by atoms with van der Waals surface area (Å²) in [5, 5.41) is 0. The second-order valence-corrected chi connectivity index (χ2v) is 6.34. The molecule has 0 radical (unpaired) electrons. The van der Waals surface area contributed by atoms with Crippen LogP contribution in [0.4, 0.5) is 0 Å². The molecule has 2 N–H and O–H groups in total. The minimum absolute atomic E-state index is 0.105. The summed E-state index contributed by atoms with van der Waals surface area (Å²) in [5.74, 6) is 0. The van der Waals surface area contributed by atoms with Crippen molar-refractivity contribution in [3.8, 4) is 0 Å². The second-order valence-electron chi connectivity index (χ2n) is 6.34. The lowest BCUT2D eigenvalue weighted by Gasteiger charge is -2.23. The molecule has 0 aromatic heterocycles. The fourth-order valence-corrected chi connectivity index (χ4v) is 2.25. The van der Waals surface area contributed by atoms with Crippen LogP contribution in [0.2, 0.25) is 0 Å². The largest absolute Gasteiger partial charge is 0.322 e. The lowest BCUT2D eigenvalue weighted by Crippen LogP contribution is -2.36. The summed E-state index contributed by atoms with van der Waals surface area (Å²) in [7, 11) is 0. The maximum absolute atomic E-state index is 6.32. The molecule has 0 aliphatic rings. The number of hydrogen-bond donors (Lipinski definition) is 1. The van der Waals surface area contributed by atoms with Crippen molar-refractivity contribution < 1.29 is 0 Å². The van der Waals surface area contributed by atoms with E-state index in [1.165, 1.54) is 23.1 Å². The smallest absolute Gasteiger partial charge is 0.0336 e. The molecule has 116 valence electrons. The lowest BCUT2D eigenvalue weighted by molar-refractivity contribution is 0.489. The van der Waals surface area contributed by atoms with E-state index in [4.69, 9.17) is 5.73 Å². The Bertz CT molecular complexity index is 350. The molecule has 0 fully saturated rings. The van der Waals surface area contributed by atoms with E-state index in [0.29, 0.717) is 0 Å². The average molecular weight is 277 g/mol. The van der Waals surface area contributed by atoms with Crippen LogP contribution in [0, 0.1) is 0 Å². The molecule has 0 saturated heterocycles. The van der Waals surface area contributed by atoms with Gasteiger partial charge in [0.05, 0.1) is 0 Å². The lowest BCUT2D eigenvalue weighted by atomic mass is 9.91. The van der Waals surface area contributed by atoms with Crippen molar-refractivity contribution in [1.29, 1.82) is 0 Å². The minimum atomic E-state index is -0.105. The first kappa shape index (κ1) is 19.2. The fraction of sp³-hybridized carbons (Fsp3) is 0.684. The Morgan fingerprint density at radius 3 is 1.85 bits per heavy atom. The molecule has 20 heavy (non-hydrogen) atoms. The fourth-order valence-electron chi connectivity index (χ4n) is 2.25. The summed E-state index contributed by atoms with van der Waals surface area (Å²) in [6, 6.07) is 0. The van der Waals surface area contributed by atoms with Crippen LogP contribution in [0.15, 0.2) is 34.9 Å². The number of nitrogens with two attached hydrogens (primary N) is 1. The molecule has 0 saturated carbocycles. The third-order valence-corrected chi connectivity index (χ3v) is 3.97. The van der Waals surface area contributed by atoms with Crippen molar-refractivity contribution in [2.45, 2.75) is 85.6 Å². The summed E-state index contributed by atoms with van der Waals surface area (Å²) in [5.41, 5.74) is 10.6. The van der Waals surface area contributed by atoms with Crippen LogP contribution >= 0.6 is 0 Å². The molecule has 0 aliphatic carbocycles. The Morgan fingerprint density at radius 2 is 1.35 bits per heavy atom. The van der Waals surface area contributed by atoms with Crippen LogP contribution in [0.25, 0.3) is 0 Å². The molecular weight excluding hydrogens is 242 g/mol. The molecule has 0 rings (SSSR count). The molecule has 0 atom stereocenters. The van der Waals surface area contributed by atoms with Crippen LogP contribution in [-0.2, 0) is 0 Å². The number of rotatable bonds is 9. The zero-order valence-corrected chi connectivity index (χ0v) is 14.6. The van der Waals surface area contributed by atoms with Gasteiger partial charge < -0.3 is 5.73 Å². The standard InChI is InChI=1S/C19H35N/c1-7-19(20,8-2)15-18(6)14-10-13-17(5)12-9-11-16(3)4/h11,13,15H,7-10,12,14,20H2,1-6H3. The zero-order chi connectivity index (χ0) is 15.6. The maximum atomic E-state index is 6.32. The van der Waals surface area contributed by atoms with Crippen molar-refractivity contribution in [2.24, 2.45) is 5.73 Å². The van der Waals surface area contributed by atoms with E-state index in [0.717, 1.165) is 32.1 Å². The summed E-state index contributed by atoms with van der Waals surface area (Å²) in [6.07, 6.45) is 13.6. The van der Waals surface area contributed by atoms with E-state index in [1.54, 1.807) is 0 Å². The van der Waals surface area contributed by atoms with Crippen molar-refractivity contribution >= 4 is 0 Å². The molecule has 0 bridgehead atoms. The van der Waals surface area contributed by atoms with Gasteiger partial charge in [-0.3, -0.25) is 0 Å². The van der Waals surface area contributed by atoms with Gasteiger partial charge in [-0.15, -0.1) is 0 Å². The third kappa shape index (κ3) is 9.14. The van der Waals surface area contributed by atoms with Crippen LogP contribution in [0.3, 0.4) is 0 Å². The summed E-state index contributed by atoms with van der Waals surface area (Å²) < 4.78 is 0. The van der Waals surface area contributed by atoms with Gasteiger partial charge in [-0.2, -0.15) is 0 Å². The molecule has 0 spiro atoms. The Balaban J connectivity index is 4.21. The van der Waals surface area contributed by atoms with E-state index in [9.17, 15) is 0 Å². The van der Waals surface area contributed by atoms with Gasteiger partial charge in [-0.25, -0.2) is 0 Å². The van der Waals surface area contributed by atoms with Crippen LogP contribution in [0.1, 0.15) is 80.1 Å². The first-order valence-electron chi connectivity index (χ1n) is 8.09. The summed E-state index contributed by atoms with van der Waals surface area (Å²) in [6.45, 7) is 13.1. The summed E-state index contributed by atoms with van der Waals surface area (Å²) >= 11 is 0. The molecule has 0 aromatic carbocycles. The van der Waals surface area contributed by atoms with E-state index in [1.807, 2.05) is 0 Å². The van der Waals surface area contributed by atoms with Crippen molar-refractivity contribution in [1.82, 2.24) is 0 Å². The highest BCUT2D eigenvalue weighted by Crippen LogP contribution is 2.18. The van der Waals surface area contributed by atoms with Gasteiger partial charge in [0.2, 0.25) is 0 Å². The molecule has 1 nitrogen and oxygen atoms in total. The highest BCUT2D eigenvalue weighted by Gasteiger charge is 2.16. The number of hydrogen-bond acceptors (Lipinski definition) is 1. The molecular formula is C19H35N. The van der Waals surface area contributed by atoms with Gasteiger partial charge >= 0.3 is 0 Å². The van der Waals surface area contributed by atoms with Gasteiger partial charge in [0.1, 0.15) is 0 Å². The van der Waals surface area contributed by atoms with Crippen molar-refractivity contribution in [2.75, 3.05) is 0 Å². The monoisotopic (exact) mass is 277 g/mol. The van der Waals surface area contributed by atoms with E-state index in [-0.39, 0.29) is 5.54 Å². The van der Waals surface area contributed by atoms with Gasteiger partial charge in [-0.05, 0) is 66.2 Å². The van der Waals surface area contributed by atoms with Crippen molar-refractivity contribution in [3.63, 3.8) is 0 Å². The molecule has 0 heterocycles. The Labute approximate surface area is 127 Å². The molecule has 0 aromatic rings. The number of allylic oxidation sites excluding steroid dienone is 5. The Hall–Kier alpha value is -0.820. The average Bonchev–Trinajstić information content (AvgIpc) is 2.38. The van der Waals surface area contributed by atoms with Gasteiger partial charge in [-0.1, -0.05) is 48.8 Å². The second kappa shape index (κ2) is 9.99. The van der Waals surface area contributed by atoms with Gasteiger partial charge in [0.25, 0.3) is 0 Å². The topological polar surface area (TPSA) is 26.0 Å². The van der Waals surface area contributed by atoms with Crippen LogP contribution in [-0.4, -0.2) is 5.54 Å². The van der Waals surface area contributed by atoms with Crippen molar-refractivity contribution in [3.05, 3.63) is 34.9 Å². The Kier molecular flexibility index (Phi) is 9.58. The molecule has 0 amide bonds. The van der Waals surface area contributed by atoms with E-state index in [2.05, 4.69) is 59.8 Å².